The number of morpholine rings is 1. The molecule has 7 nitrogen and oxygen atoms in total. The molecule has 0 aliphatic carbocycles. The summed E-state index contributed by atoms with van der Waals surface area (Å²) in [6.07, 6.45) is 0. The van der Waals surface area contributed by atoms with Crippen LogP contribution in [0.25, 0.3) is 0 Å². The van der Waals surface area contributed by atoms with E-state index in [9.17, 15) is 0 Å². The predicted molar refractivity (Wildman–Crippen MR) is 134 cm³/mol. The van der Waals surface area contributed by atoms with E-state index in [1.807, 2.05) is 29.5 Å². The molecule has 2 N–H and O–H groups in total. The average molecular weight is 546 g/mol. The topological polar surface area (TPSA) is 67.4 Å². The number of ether oxygens (including phenoxy) is 3. The summed E-state index contributed by atoms with van der Waals surface area (Å²) in [5, 5.41) is 6.81. The van der Waals surface area contributed by atoms with Crippen LogP contribution in [0.4, 0.5) is 5.69 Å². The Hall–Kier alpha value is -1.56. The van der Waals surface area contributed by atoms with Gasteiger partial charge >= 0.3 is 0 Å². The molecule has 1 saturated heterocycles. The van der Waals surface area contributed by atoms with Gasteiger partial charge in [0.05, 0.1) is 33.5 Å². The zero-order valence-corrected chi connectivity index (χ0v) is 21.1. The van der Waals surface area contributed by atoms with Gasteiger partial charge in [0.1, 0.15) is 0 Å². The molecule has 0 amide bonds. The van der Waals surface area contributed by atoms with Crippen LogP contribution in [0.1, 0.15) is 15.8 Å². The van der Waals surface area contributed by atoms with Gasteiger partial charge < -0.3 is 24.8 Å². The number of aryl methyl sites for hydroxylation is 1. The van der Waals surface area contributed by atoms with Crippen molar-refractivity contribution in [1.82, 2.24) is 10.2 Å². The van der Waals surface area contributed by atoms with Crippen molar-refractivity contribution in [2.24, 2.45) is 4.99 Å². The lowest BCUT2D eigenvalue weighted by molar-refractivity contribution is 0.0177. The van der Waals surface area contributed by atoms with Crippen LogP contribution in [0.3, 0.4) is 0 Å². The molecule has 1 aliphatic rings. The summed E-state index contributed by atoms with van der Waals surface area (Å²) in [5.41, 5.74) is 0.880. The van der Waals surface area contributed by atoms with Crippen molar-refractivity contribution in [1.29, 1.82) is 0 Å². The van der Waals surface area contributed by atoms with Crippen molar-refractivity contribution in [3.63, 3.8) is 0 Å². The van der Waals surface area contributed by atoms with Crippen molar-refractivity contribution in [2.45, 2.75) is 13.0 Å². The average Bonchev–Trinajstić information content (AvgIpc) is 3.19. The molecule has 1 unspecified atom stereocenters. The van der Waals surface area contributed by atoms with E-state index in [4.69, 9.17) is 14.2 Å². The summed E-state index contributed by atoms with van der Waals surface area (Å²) in [4.78, 5) is 9.54. The van der Waals surface area contributed by atoms with E-state index in [1.165, 1.54) is 9.75 Å². The Kier molecular flexibility index (Phi) is 10.2. The van der Waals surface area contributed by atoms with Crippen LogP contribution < -0.4 is 20.1 Å². The van der Waals surface area contributed by atoms with E-state index in [0.717, 1.165) is 38.5 Å². The molecule has 3 rings (SSSR count). The maximum Gasteiger partial charge on any atom is 0.195 e. The lowest BCUT2D eigenvalue weighted by Gasteiger charge is -2.34. The molecule has 0 saturated carbocycles. The predicted octanol–water partition coefficient (Wildman–Crippen LogP) is 3.75. The first-order valence-corrected chi connectivity index (χ1v) is 10.5. The third kappa shape index (κ3) is 6.47. The minimum atomic E-state index is 0. The molecule has 9 heteroatoms. The SMILES string of the molecule is CN=C(NCC(c1ccc(C)s1)N1CCOCC1)Nc1ccc(OC)c(OC)c1.I. The fraction of sp³-hybridized carbons (Fsp3) is 0.476. The Morgan fingerprint density at radius 1 is 1.17 bits per heavy atom. The number of hydrogen-bond donors (Lipinski definition) is 2. The molecular weight excluding hydrogens is 515 g/mol. The fourth-order valence-electron chi connectivity index (χ4n) is 3.35. The van der Waals surface area contributed by atoms with Gasteiger partial charge in [0.25, 0.3) is 0 Å². The van der Waals surface area contributed by atoms with Gasteiger partial charge in [-0.1, -0.05) is 0 Å². The number of aliphatic imine (C=N–C) groups is 1. The number of thiophene rings is 1. The number of nitrogens with one attached hydrogen (secondary N) is 2. The van der Waals surface area contributed by atoms with Crippen LogP contribution in [0.5, 0.6) is 11.5 Å². The fourth-order valence-corrected chi connectivity index (χ4v) is 4.37. The van der Waals surface area contributed by atoms with Crippen molar-refractivity contribution < 1.29 is 14.2 Å². The first-order valence-electron chi connectivity index (χ1n) is 9.72. The van der Waals surface area contributed by atoms with Gasteiger partial charge in [-0.05, 0) is 31.2 Å². The van der Waals surface area contributed by atoms with Crippen molar-refractivity contribution in [3.05, 3.63) is 40.1 Å². The van der Waals surface area contributed by atoms with Crippen molar-refractivity contribution >= 4 is 47.0 Å². The Balaban J connectivity index is 0.00000320. The van der Waals surface area contributed by atoms with Gasteiger partial charge in [-0.15, -0.1) is 35.3 Å². The minimum Gasteiger partial charge on any atom is -0.493 e. The van der Waals surface area contributed by atoms with E-state index in [1.54, 1.807) is 21.3 Å². The van der Waals surface area contributed by atoms with Gasteiger partial charge in [-0.2, -0.15) is 0 Å². The first kappa shape index (κ1) is 24.7. The van der Waals surface area contributed by atoms with Crippen molar-refractivity contribution in [2.75, 3.05) is 59.4 Å². The van der Waals surface area contributed by atoms with Gasteiger partial charge in [0, 0.05) is 48.2 Å². The summed E-state index contributed by atoms with van der Waals surface area (Å²) >= 11 is 1.85. The summed E-state index contributed by atoms with van der Waals surface area (Å²) < 4.78 is 16.2. The highest BCUT2D eigenvalue weighted by Gasteiger charge is 2.24. The van der Waals surface area contributed by atoms with E-state index < -0.39 is 0 Å². The van der Waals surface area contributed by atoms with Gasteiger partial charge in [-0.25, -0.2) is 0 Å². The third-order valence-corrected chi connectivity index (χ3v) is 6.01. The maximum absolute atomic E-state index is 5.54. The Labute approximate surface area is 199 Å². The first-order chi connectivity index (χ1) is 14.1. The zero-order chi connectivity index (χ0) is 20.6. The molecule has 1 aliphatic heterocycles. The molecule has 0 radical (unpaired) electrons. The second kappa shape index (κ2) is 12.3. The number of halogens is 1. The van der Waals surface area contributed by atoms with E-state index in [0.29, 0.717) is 17.5 Å². The number of guanidine groups is 1. The van der Waals surface area contributed by atoms with E-state index in [2.05, 4.69) is 39.6 Å². The molecule has 30 heavy (non-hydrogen) atoms. The lowest BCUT2D eigenvalue weighted by Crippen LogP contribution is -2.44. The molecule has 166 valence electrons. The smallest absolute Gasteiger partial charge is 0.195 e. The Morgan fingerprint density at radius 2 is 1.90 bits per heavy atom. The standard InChI is InChI=1S/C21H30N4O3S.HI/c1-15-5-8-20(29-15)17(25-9-11-28-12-10-25)14-23-21(22-2)24-16-6-7-18(26-3)19(13-16)27-4;/h5-8,13,17H,9-12,14H2,1-4H3,(H2,22,23,24);1H. The van der Waals surface area contributed by atoms with Crippen molar-refractivity contribution in [3.8, 4) is 11.5 Å². The van der Waals surface area contributed by atoms with Crippen LogP contribution in [0, 0.1) is 6.92 Å². The molecule has 1 aromatic heterocycles. The molecule has 2 aromatic rings. The number of benzene rings is 1. The Bertz CT molecular complexity index is 824. The van der Waals surface area contributed by atoms with Gasteiger partial charge in [0.15, 0.2) is 17.5 Å². The quantitative estimate of drug-likeness (QED) is 0.314. The summed E-state index contributed by atoms with van der Waals surface area (Å²) in [5.74, 6) is 2.08. The van der Waals surface area contributed by atoms with E-state index in [-0.39, 0.29) is 30.0 Å². The summed E-state index contributed by atoms with van der Waals surface area (Å²) in [6, 6.07) is 10.4. The molecule has 1 aromatic carbocycles. The molecule has 1 fully saturated rings. The summed E-state index contributed by atoms with van der Waals surface area (Å²) in [6.45, 7) is 6.33. The van der Waals surface area contributed by atoms with E-state index >= 15 is 0 Å². The Morgan fingerprint density at radius 3 is 2.50 bits per heavy atom. The van der Waals surface area contributed by atoms with Gasteiger partial charge in [0.2, 0.25) is 0 Å². The monoisotopic (exact) mass is 546 g/mol. The normalized spacial score (nSPS) is 15.8. The molecule has 0 spiro atoms. The molecule has 0 bridgehead atoms. The van der Waals surface area contributed by atoms with Crippen LogP contribution in [-0.4, -0.2) is 65.0 Å². The number of rotatable bonds is 7. The number of methoxy groups -OCH3 is 2. The third-order valence-electron chi connectivity index (χ3n) is 4.91. The largest absolute Gasteiger partial charge is 0.493 e. The minimum absolute atomic E-state index is 0. The highest BCUT2D eigenvalue weighted by molar-refractivity contribution is 14.0. The van der Waals surface area contributed by atoms with Crippen LogP contribution in [-0.2, 0) is 4.74 Å². The van der Waals surface area contributed by atoms with Gasteiger partial charge in [-0.3, -0.25) is 9.89 Å². The number of hydrogen-bond acceptors (Lipinski definition) is 6. The second-order valence-corrected chi connectivity index (χ2v) is 8.08. The highest BCUT2D eigenvalue weighted by Crippen LogP contribution is 2.30. The molecular formula is C21H31IN4O3S. The molecule has 1 atom stereocenters. The second-order valence-electron chi connectivity index (χ2n) is 6.76. The van der Waals surface area contributed by atoms with Crippen LogP contribution in [0.15, 0.2) is 35.3 Å². The number of anilines is 1. The van der Waals surface area contributed by atoms with Crippen LogP contribution in [0.2, 0.25) is 0 Å². The zero-order valence-electron chi connectivity index (χ0n) is 17.9. The van der Waals surface area contributed by atoms with Crippen LogP contribution >= 0.6 is 35.3 Å². The highest BCUT2D eigenvalue weighted by atomic mass is 127. The lowest BCUT2D eigenvalue weighted by atomic mass is 10.2. The summed E-state index contributed by atoms with van der Waals surface area (Å²) in [7, 11) is 5.03. The molecule has 2 heterocycles. The number of nitrogens with zero attached hydrogens (tertiary/aromatic N) is 2. The maximum atomic E-state index is 5.54.